The first kappa shape index (κ1) is 16.7. The fourth-order valence-electron chi connectivity index (χ4n) is 2.57. The summed E-state index contributed by atoms with van der Waals surface area (Å²) in [7, 11) is 0. The zero-order valence-corrected chi connectivity index (χ0v) is 13.2. The summed E-state index contributed by atoms with van der Waals surface area (Å²) in [5.74, 6) is -1.08. The van der Waals surface area contributed by atoms with Crippen molar-refractivity contribution in [3.8, 4) is 0 Å². The molecule has 0 saturated carbocycles. The van der Waals surface area contributed by atoms with E-state index in [2.05, 4.69) is 5.32 Å². The fourth-order valence-corrected chi connectivity index (χ4v) is 2.57. The highest BCUT2D eigenvalue weighted by Gasteiger charge is 2.17. The molecule has 0 bridgehead atoms. The van der Waals surface area contributed by atoms with Crippen molar-refractivity contribution in [2.75, 3.05) is 6.54 Å². The Kier molecular flexibility index (Phi) is 5.92. The van der Waals surface area contributed by atoms with Crippen molar-refractivity contribution < 1.29 is 14.7 Å². The summed E-state index contributed by atoms with van der Waals surface area (Å²) in [6, 6.07) is 16.5. The first-order valence-electron chi connectivity index (χ1n) is 7.76. The second-order valence-corrected chi connectivity index (χ2v) is 5.42. The van der Waals surface area contributed by atoms with Crippen LogP contribution in [0.5, 0.6) is 0 Å². The molecule has 0 aliphatic heterocycles. The van der Waals surface area contributed by atoms with Gasteiger partial charge in [0.25, 0.3) is 0 Å². The lowest BCUT2D eigenvalue weighted by atomic mass is 9.95. The van der Waals surface area contributed by atoms with E-state index in [1.807, 2.05) is 43.3 Å². The minimum Gasteiger partial charge on any atom is -0.478 e. The maximum absolute atomic E-state index is 12.3. The molecule has 120 valence electrons. The van der Waals surface area contributed by atoms with E-state index in [9.17, 15) is 9.59 Å². The Labute approximate surface area is 136 Å². The molecule has 2 N–H and O–H groups in total. The number of rotatable bonds is 7. The number of carboxylic acid groups (broad SMARTS) is 1. The van der Waals surface area contributed by atoms with E-state index in [1.165, 1.54) is 0 Å². The maximum atomic E-state index is 12.3. The number of benzene rings is 2. The number of carbonyl (C=O) groups is 2. The molecular weight excluding hydrogens is 290 g/mol. The van der Waals surface area contributed by atoms with Gasteiger partial charge in [-0.3, -0.25) is 4.79 Å². The molecule has 0 aromatic heterocycles. The van der Waals surface area contributed by atoms with Gasteiger partial charge in [0, 0.05) is 6.54 Å². The largest absolute Gasteiger partial charge is 0.478 e. The SMILES string of the molecule is CCC(C(=O)NCCc1cccc(C(=O)O)c1)c1ccccc1. The second kappa shape index (κ2) is 8.13. The minimum atomic E-state index is -0.939. The molecule has 4 nitrogen and oxygen atoms in total. The van der Waals surface area contributed by atoms with Gasteiger partial charge in [0.15, 0.2) is 0 Å². The average molecular weight is 311 g/mol. The highest BCUT2D eigenvalue weighted by atomic mass is 16.4. The Hall–Kier alpha value is -2.62. The van der Waals surface area contributed by atoms with Crippen molar-refractivity contribution in [2.45, 2.75) is 25.7 Å². The summed E-state index contributed by atoms with van der Waals surface area (Å²) in [4.78, 5) is 23.3. The van der Waals surface area contributed by atoms with Crippen molar-refractivity contribution in [2.24, 2.45) is 0 Å². The van der Waals surface area contributed by atoms with Gasteiger partial charge in [0.2, 0.25) is 5.91 Å². The monoisotopic (exact) mass is 311 g/mol. The van der Waals surface area contributed by atoms with Crippen LogP contribution in [-0.4, -0.2) is 23.5 Å². The molecule has 1 amide bonds. The van der Waals surface area contributed by atoms with Gasteiger partial charge >= 0.3 is 5.97 Å². The molecule has 0 heterocycles. The Balaban J connectivity index is 1.91. The Morgan fingerprint density at radius 3 is 2.48 bits per heavy atom. The number of carboxylic acids is 1. The molecule has 2 aromatic carbocycles. The van der Waals surface area contributed by atoms with E-state index in [4.69, 9.17) is 5.11 Å². The second-order valence-electron chi connectivity index (χ2n) is 5.42. The zero-order chi connectivity index (χ0) is 16.7. The summed E-state index contributed by atoms with van der Waals surface area (Å²) >= 11 is 0. The van der Waals surface area contributed by atoms with Gasteiger partial charge in [-0.05, 0) is 36.1 Å². The van der Waals surface area contributed by atoms with Crippen LogP contribution in [0.4, 0.5) is 0 Å². The molecule has 0 saturated heterocycles. The van der Waals surface area contributed by atoms with Crippen molar-refractivity contribution in [1.82, 2.24) is 5.32 Å². The van der Waals surface area contributed by atoms with Gasteiger partial charge in [-0.2, -0.15) is 0 Å². The van der Waals surface area contributed by atoms with Crippen LogP contribution in [-0.2, 0) is 11.2 Å². The van der Waals surface area contributed by atoms with Crippen LogP contribution in [0.15, 0.2) is 54.6 Å². The van der Waals surface area contributed by atoms with Gasteiger partial charge in [-0.15, -0.1) is 0 Å². The van der Waals surface area contributed by atoms with Crippen LogP contribution in [0, 0.1) is 0 Å². The normalized spacial score (nSPS) is 11.7. The van der Waals surface area contributed by atoms with Crippen LogP contribution in [0.2, 0.25) is 0 Å². The molecule has 2 aromatic rings. The molecule has 2 rings (SSSR count). The van der Waals surface area contributed by atoms with Gasteiger partial charge in [-0.1, -0.05) is 49.4 Å². The number of carbonyl (C=O) groups excluding carboxylic acids is 1. The van der Waals surface area contributed by atoms with E-state index >= 15 is 0 Å². The molecule has 0 radical (unpaired) electrons. The third-order valence-corrected chi connectivity index (χ3v) is 3.81. The van der Waals surface area contributed by atoms with E-state index in [1.54, 1.807) is 18.2 Å². The molecule has 1 unspecified atom stereocenters. The number of amides is 1. The first-order chi connectivity index (χ1) is 11.1. The third kappa shape index (κ3) is 4.68. The topological polar surface area (TPSA) is 66.4 Å². The van der Waals surface area contributed by atoms with Crippen LogP contribution >= 0.6 is 0 Å². The van der Waals surface area contributed by atoms with Crippen molar-refractivity contribution >= 4 is 11.9 Å². The van der Waals surface area contributed by atoms with E-state index < -0.39 is 5.97 Å². The molecule has 23 heavy (non-hydrogen) atoms. The first-order valence-corrected chi connectivity index (χ1v) is 7.76. The van der Waals surface area contributed by atoms with E-state index in [0.717, 1.165) is 17.5 Å². The van der Waals surface area contributed by atoms with Crippen LogP contribution < -0.4 is 5.32 Å². The van der Waals surface area contributed by atoms with Gasteiger partial charge < -0.3 is 10.4 Å². The van der Waals surface area contributed by atoms with Gasteiger partial charge in [0.05, 0.1) is 11.5 Å². The summed E-state index contributed by atoms with van der Waals surface area (Å²) in [5, 5.41) is 11.9. The smallest absolute Gasteiger partial charge is 0.335 e. The minimum absolute atomic E-state index is 0.00749. The van der Waals surface area contributed by atoms with Gasteiger partial charge in [0.1, 0.15) is 0 Å². The Morgan fingerprint density at radius 2 is 1.83 bits per heavy atom. The van der Waals surface area contributed by atoms with Gasteiger partial charge in [-0.25, -0.2) is 4.79 Å². The summed E-state index contributed by atoms with van der Waals surface area (Å²) in [5.41, 5.74) is 2.18. The molecule has 0 fully saturated rings. The Morgan fingerprint density at radius 1 is 1.09 bits per heavy atom. The highest BCUT2D eigenvalue weighted by molar-refractivity contribution is 5.87. The predicted molar refractivity (Wildman–Crippen MR) is 89.6 cm³/mol. The summed E-state index contributed by atoms with van der Waals surface area (Å²) < 4.78 is 0. The molecule has 0 spiro atoms. The molecule has 1 atom stereocenters. The standard InChI is InChI=1S/C19H21NO3/c1-2-17(15-8-4-3-5-9-15)18(21)20-12-11-14-7-6-10-16(13-14)19(22)23/h3-10,13,17H,2,11-12H2,1H3,(H,20,21)(H,22,23). The molecule has 0 aliphatic rings. The third-order valence-electron chi connectivity index (χ3n) is 3.81. The van der Waals surface area contributed by atoms with E-state index in [0.29, 0.717) is 13.0 Å². The summed E-state index contributed by atoms with van der Waals surface area (Å²) in [6.07, 6.45) is 1.35. The quantitative estimate of drug-likeness (QED) is 0.825. The molecular formula is C19H21NO3. The van der Waals surface area contributed by atoms with Crippen molar-refractivity contribution in [3.05, 3.63) is 71.3 Å². The van der Waals surface area contributed by atoms with Crippen LogP contribution in [0.1, 0.15) is 40.7 Å². The number of hydrogen-bond donors (Lipinski definition) is 2. The summed E-state index contributed by atoms with van der Waals surface area (Å²) in [6.45, 7) is 2.48. The number of aromatic carboxylic acids is 1. The Bertz CT molecular complexity index is 667. The lowest BCUT2D eigenvalue weighted by Crippen LogP contribution is -2.30. The van der Waals surface area contributed by atoms with Crippen molar-refractivity contribution in [1.29, 1.82) is 0 Å². The molecule has 4 heteroatoms. The van der Waals surface area contributed by atoms with Crippen LogP contribution in [0.25, 0.3) is 0 Å². The van der Waals surface area contributed by atoms with Crippen molar-refractivity contribution in [3.63, 3.8) is 0 Å². The lowest BCUT2D eigenvalue weighted by Gasteiger charge is -2.15. The van der Waals surface area contributed by atoms with Crippen LogP contribution in [0.3, 0.4) is 0 Å². The lowest BCUT2D eigenvalue weighted by molar-refractivity contribution is -0.122. The highest BCUT2D eigenvalue weighted by Crippen LogP contribution is 2.19. The predicted octanol–water partition coefficient (Wildman–Crippen LogP) is 3.24. The fraction of sp³-hybridized carbons (Fsp3) is 0.263. The van der Waals surface area contributed by atoms with E-state index in [-0.39, 0.29) is 17.4 Å². The average Bonchev–Trinajstić information content (AvgIpc) is 2.57. The zero-order valence-electron chi connectivity index (χ0n) is 13.2. The maximum Gasteiger partial charge on any atom is 0.335 e. The number of hydrogen-bond acceptors (Lipinski definition) is 2. The molecule has 0 aliphatic carbocycles. The number of nitrogens with one attached hydrogen (secondary N) is 1.